The molecule has 2 heterocycles. The first-order valence-corrected chi connectivity index (χ1v) is 12.9. The Morgan fingerprint density at radius 2 is 1.59 bits per heavy atom. The second-order valence-corrected chi connectivity index (χ2v) is 12.2. The maximum absolute atomic E-state index is 10.7. The van der Waals surface area contributed by atoms with Crippen molar-refractivity contribution in [3.05, 3.63) is 46.5 Å². The summed E-state index contributed by atoms with van der Waals surface area (Å²) in [5.41, 5.74) is 1.39. The maximum atomic E-state index is 10.7. The van der Waals surface area contributed by atoms with Crippen molar-refractivity contribution < 1.29 is 34.6 Å². The van der Waals surface area contributed by atoms with Crippen molar-refractivity contribution in [3.8, 4) is 23.0 Å². The van der Waals surface area contributed by atoms with E-state index in [0.717, 1.165) is 16.7 Å². The maximum Gasteiger partial charge on any atom is 0.165 e. The molecule has 5 rings (SSSR count). The molecule has 37 heavy (non-hydrogen) atoms. The topological polar surface area (TPSA) is 109 Å². The summed E-state index contributed by atoms with van der Waals surface area (Å²) in [7, 11) is 1.61. The van der Waals surface area contributed by atoms with Gasteiger partial charge >= 0.3 is 0 Å². The fourth-order valence-corrected chi connectivity index (χ4v) is 6.43. The van der Waals surface area contributed by atoms with Crippen LogP contribution in [0.1, 0.15) is 63.3 Å². The number of aromatic hydroxyl groups is 1. The number of benzene rings is 2. The molecule has 7 nitrogen and oxygen atoms in total. The molecule has 0 spiro atoms. The molecule has 1 aliphatic carbocycles. The van der Waals surface area contributed by atoms with Crippen LogP contribution in [0, 0.1) is 11.3 Å². The molecule has 2 aliphatic heterocycles. The number of aliphatic hydroxyl groups is 3. The average Bonchev–Trinajstić information content (AvgIpc) is 2.81. The monoisotopic (exact) mass is 510 g/mol. The minimum atomic E-state index is -0.850. The Hall–Kier alpha value is -2.74. The summed E-state index contributed by atoms with van der Waals surface area (Å²) in [6.07, 6.45) is 2.85. The normalized spacial score (nSPS) is 31.5. The third-order valence-electron chi connectivity index (χ3n) is 8.76. The van der Waals surface area contributed by atoms with Crippen molar-refractivity contribution in [1.82, 2.24) is 0 Å². The summed E-state index contributed by atoms with van der Waals surface area (Å²) in [6.45, 7) is 9.65. The number of ether oxygens (including phenoxy) is 3. The van der Waals surface area contributed by atoms with Crippen LogP contribution in [0.2, 0.25) is 0 Å². The van der Waals surface area contributed by atoms with E-state index in [1.54, 1.807) is 13.2 Å². The summed E-state index contributed by atoms with van der Waals surface area (Å²) < 4.78 is 18.2. The second-order valence-electron chi connectivity index (χ2n) is 12.2. The number of hydrogen-bond donors (Lipinski definition) is 4. The predicted octanol–water partition coefficient (Wildman–Crippen LogP) is 4.11. The number of hydrogen-bond acceptors (Lipinski definition) is 7. The van der Waals surface area contributed by atoms with Gasteiger partial charge in [0.05, 0.1) is 25.4 Å². The van der Waals surface area contributed by atoms with Crippen LogP contribution in [0.5, 0.6) is 23.0 Å². The molecule has 0 saturated heterocycles. The van der Waals surface area contributed by atoms with Crippen LogP contribution >= 0.6 is 0 Å². The van der Waals surface area contributed by atoms with Crippen molar-refractivity contribution in [3.63, 3.8) is 0 Å². The molecule has 0 radical (unpaired) electrons. The van der Waals surface area contributed by atoms with Gasteiger partial charge in [0.1, 0.15) is 22.7 Å². The zero-order valence-corrected chi connectivity index (χ0v) is 22.4. The summed E-state index contributed by atoms with van der Waals surface area (Å²) in [5.74, 6) is 1.97. The van der Waals surface area contributed by atoms with Gasteiger partial charge in [-0.2, -0.15) is 0 Å². The lowest BCUT2D eigenvalue weighted by Crippen LogP contribution is -2.63. The number of rotatable bonds is 3. The average molecular weight is 511 g/mol. The molecule has 3 aliphatic rings. The third-order valence-corrected chi connectivity index (χ3v) is 8.76. The van der Waals surface area contributed by atoms with Crippen LogP contribution in [0.3, 0.4) is 0 Å². The van der Waals surface area contributed by atoms with Crippen LogP contribution in [0.15, 0.2) is 24.3 Å². The van der Waals surface area contributed by atoms with E-state index in [1.807, 2.05) is 58.9 Å². The first-order valence-electron chi connectivity index (χ1n) is 12.9. The summed E-state index contributed by atoms with van der Waals surface area (Å²) >= 11 is 0. The van der Waals surface area contributed by atoms with Crippen molar-refractivity contribution in [1.29, 1.82) is 0 Å². The highest BCUT2D eigenvalue weighted by Crippen LogP contribution is 2.55. The molecule has 200 valence electrons. The lowest BCUT2D eigenvalue weighted by molar-refractivity contribution is -0.187. The van der Waals surface area contributed by atoms with Crippen molar-refractivity contribution in [2.45, 2.75) is 83.4 Å². The first kappa shape index (κ1) is 25.9. The quantitative estimate of drug-likeness (QED) is 0.460. The van der Waals surface area contributed by atoms with Crippen molar-refractivity contribution in [2.75, 3.05) is 7.11 Å². The highest BCUT2D eigenvalue weighted by molar-refractivity contribution is 5.74. The van der Waals surface area contributed by atoms with E-state index in [1.165, 1.54) is 0 Å². The fraction of sp³-hybridized carbons (Fsp3) is 0.533. The smallest absolute Gasteiger partial charge is 0.165 e. The number of fused-ring (bicyclic) bond motifs is 3. The minimum absolute atomic E-state index is 0.00304. The number of phenolic OH excluding ortho intramolecular Hbond substituents is 1. The number of aliphatic hydroxyl groups excluding tert-OH is 3. The van der Waals surface area contributed by atoms with Crippen LogP contribution in [-0.4, -0.2) is 57.0 Å². The highest BCUT2D eigenvalue weighted by Gasteiger charge is 2.58. The van der Waals surface area contributed by atoms with Gasteiger partial charge in [-0.05, 0) is 68.1 Å². The summed E-state index contributed by atoms with van der Waals surface area (Å²) in [5, 5.41) is 42.2. The molecule has 5 atom stereocenters. The SMILES string of the molecule is COc1cc(C=Cc2cc(O)c3c(c2)OC(C)(C)[C@H](O)C3)cc2c1O[C@]1(C)C[C@@H](O)[C@@H](O)C(C)(C)[C@H]1C2. The third kappa shape index (κ3) is 4.27. The van der Waals surface area contributed by atoms with E-state index < -0.39 is 34.9 Å². The fourth-order valence-electron chi connectivity index (χ4n) is 6.43. The Labute approximate surface area is 218 Å². The number of phenols is 1. The molecule has 0 amide bonds. The molecule has 2 aromatic rings. The molecule has 0 aromatic heterocycles. The van der Waals surface area contributed by atoms with Gasteiger partial charge < -0.3 is 34.6 Å². The molecule has 0 bridgehead atoms. The Morgan fingerprint density at radius 3 is 2.27 bits per heavy atom. The van der Waals surface area contributed by atoms with E-state index in [2.05, 4.69) is 6.07 Å². The van der Waals surface area contributed by atoms with E-state index >= 15 is 0 Å². The standard InChI is InChI=1S/C30H38O7/c1-28(2)24-13-18-9-16(12-23(35-6)26(18)37-30(24,5)15-21(32)27(28)34)7-8-17-10-20(31)19-14-25(33)29(3,4)36-22(19)11-17/h7-12,21,24-25,27,31-34H,13-15H2,1-6H3/t21-,24-,25-,27-,30-/m1/s1. The number of methoxy groups -OCH3 is 1. The summed E-state index contributed by atoms with van der Waals surface area (Å²) in [4.78, 5) is 0. The highest BCUT2D eigenvalue weighted by atomic mass is 16.5. The van der Waals surface area contributed by atoms with E-state index in [-0.39, 0.29) is 11.7 Å². The molecule has 4 N–H and O–H groups in total. The molecule has 1 fully saturated rings. The molecule has 1 saturated carbocycles. The zero-order valence-electron chi connectivity index (χ0n) is 22.4. The minimum Gasteiger partial charge on any atom is -0.508 e. The molecule has 2 aromatic carbocycles. The van der Waals surface area contributed by atoms with Crippen molar-refractivity contribution in [2.24, 2.45) is 11.3 Å². The van der Waals surface area contributed by atoms with Crippen LogP contribution in [0.4, 0.5) is 0 Å². The largest absolute Gasteiger partial charge is 0.508 e. The van der Waals surface area contributed by atoms with Gasteiger partial charge in [-0.25, -0.2) is 0 Å². The Bertz CT molecular complexity index is 1250. The molecular formula is C30H38O7. The van der Waals surface area contributed by atoms with Crippen molar-refractivity contribution >= 4 is 12.2 Å². The Balaban J connectivity index is 1.48. The van der Waals surface area contributed by atoms with E-state index in [0.29, 0.717) is 42.1 Å². The van der Waals surface area contributed by atoms with E-state index in [4.69, 9.17) is 14.2 Å². The Kier molecular flexibility index (Phi) is 6.05. The van der Waals surface area contributed by atoms with Gasteiger partial charge in [0.25, 0.3) is 0 Å². The molecule has 7 heteroatoms. The lowest BCUT2D eigenvalue weighted by Gasteiger charge is -2.56. The van der Waals surface area contributed by atoms with Gasteiger partial charge in [0.2, 0.25) is 0 Å². The van der Waals surface area contributed by atoms with Gasteiger partial charge in [-0.3, -0.25) is 0 Å². The van der Waals surface area contributed by atoms with Gasteiger partial charge in [-0.15, -0.1) is 0 Å². The van der Waals surface area contributed by atoms with Gasteiger partial charge in [-0.1, -0.05) is 26.0 Å². The van der Waals surface area contributed by atoms with Crippen LogP contribution in [-0.2, 0) is 12.8 Å². The zero-order chi connectivity index (χ0) is 26.9. The predicted molar refractivity (Wildman–Crippen MR) is 141 cm³/mol. The lowest BCUT2D eigenvalue weighted by atomic mass is 9.57. The second kappa shape index (κ2) is 8.65. The first-order chi connectivity index (χ1) is 17.2. The van der Waals surface area contributed by atoms with E-state index in [9.17, 15) is 20.4 Å². The van der Waals surface area contributed by atoms with Gasteiger partial charge in [0.15, 0.2) is 11.5 Å². The van der Waals surface area contributed by atoms with Gasteiger partial charge in [0, 0.05) is 29.7 Å². The Morgan fingerprint density at radius 1 is 0.919 bits per heavy atom. The molecule has 0 unspecified atom stereocenters. The molecular weight excluding hydrogens is 472 g/mol. The summed E-state index contributed by atoms with van der Waals surface area (Å²) in [6, 6.07) is 7.52. The van der Waals surface area contributed by atoms with Crippen LogP contribution < -0.4 is 14.2 Å². The van der Waals surface area contributed by atoms with Crippen LogP contribution in [0.25, 0.3) is 12.2 Å².